The van der Waals surface area contributed by atoms with Gasteiger partial charge in [0.15, 0.2) is 0 Å². The van der Waals surface area contributed by atoms with Crippen LogP contribution in [0.1, 0.15) is 23.4 Å². The van der Waals surface area contributed by atoms with Gasteiger partial charge in [0.2, 0.25) is 10.0 Å². The lowest BCUT2D eigenvalue weighted by Gasteiger charge is -2.28. The molecule has 118 valence electrons. The predicted octanol–water partition coefficient (Wildman–Crippen LogP) is 0.118. The van der Waals surface area contributed by atoms with Crippen LogP contribution in [0.15, 0.2) is 4.52 Å². The number of fused-ring (bicyclic) bond motifs is 1. The Balaban J connectivity index is 1.64. The summed E-state index contributed by atoms with van der Waals surface area (Å²) in [5.74, 6) is 1.49. The van der Waals surface area contributed by atoms with Crippen LogP contribution in [0.3, 0.4) is 0 Å². The van der Waals surface area contributed by atoms with Gasteiger partial charge in [-0.2, -0.15) is 0 Å². The number of hydrogen-bond acceptors (Lipinski definition) is 6. The third-order valence-electron chi connectivity index (χ3n) is 4.03. The van der Waals surface area contributed by atoms with E-state index in [-0.39, 0.29) is 6.54 Å². The number of aromatic nitrogens is 1. The predicted molar refractivity (Wildman–Crippen MR) is 76.1 cm³/mol. The molecule has 0 amide bonds. The van der Waals surface area contributed by atoms with Crippen molar-refractivity contribution in [3.63, 3.8) is 0 Å². The molecule has 0 aromatic carbocycles. The summed E-state index contributed by atoms with van der Waals surface area (Å²) in [6, 6.07) is 0. The monoisotopic (exact) mass is 315 g/mol. The maximum absolute atomic E-state index is 11.2. The Morgan fingerprint density at radius 1 is 1.48 bits per heavy atom. The van der Waals surface area contributed by atoms with Gasteiger partial charge in [0.25, 0.3) is 0 Å². The first-order valence-corrected chi connectivity index (χ1v) is 9.11. The van der Waals surface area contributed by atoms with Crippen LogP contribution in [0.2, 0.25) is 0 Å². The first-order valence-electron chi connectivity index (χ1n) is 7.22. The zero-order chi connectivity index (χ0) is 14.9. The van der Waals surface area contributed by atoms with Crippen molar-refractivity contribution in [1.29, 1.82) is 0 Å². The van der Waals surface area contributed by atoms with Gasteiger partial charge in [-0.05, 0) is 12.3 Å². The average Bonchev–Trinajstić information content (AvgIpc) is 3.05. The summed E-state index contributed by atoms with van der Waals surface area (Å²) in [4.78, 5) is 2.38. The lowest BCUT2D eigenvalue weighted by atomic mass is 10.0. The number of hydrogen-bond donors (Lipinski definition) is 1. The van der Waals surface area contributed by atoms with Crippen molar-refractivity contribution in [1.82, 2.24) is 14.8 Å². The van der Waals surface area contributed by atoms with E-state index in [0.717, 1.165) is 63.3 Å². The van der Waals surface area contributed by atoms with E-state index in [2.05, 4.69) is 14.8 Å². The van der Waals surface area contributed by atoms with Gasteiger partial charge in [0.1, 0.15) is 11.5 Å². The number of ether oxygens (including phenoxy) is 1. The van der Waals surface area contributed by atoms with Gasteiger partial charge in [-0.1, -0.05) is 5.16 Å². The molecular weight excluding hydrogens is 294 g/mol. The van der Waals surface area contributed by atoms with Crippen molar-refractivity contribution in [3.05, 3.63) is 17.0 Å². The van der Waals surface area contributed by atoms with E-state index in [1.165, 1.54) is 0 Å². The van der Waals surface area contributed by atoms with E-state index in [1.807, 2.05) is 0 Å². The summed E-state index contributed by atoms with van der Waals surface area (Å²) < 4.78 is 35.6. The Bertz CT molecular complexity index is 593. The molecular formula is C13H21N3O4S. The van der Waals surface area contributed by atoms with E-state index in [9.17, 15) is 8.42 Å². The first kappa shape index (κ1) is 15.0. The molecule has 0 radical (unpaired) electrons. The minimum Gasteiger partial charge on any atom is -0.381 e. The Kier molecular flexibility index (Phi) is 4.30. The van der Waals surface area contributed by atoms with Crippen molar-refractivity contribution < 1.29 is 17.7 Å². The summed E-state index contributed by atoms with van der Waals surface area (Å²) in [5.41, 5.74) is 1.74. The second-order valence-corrected chi connectivity index (χ2v) is 7.67. The normalized spacial score (nSPS) is 23.4. The van der Waals surface area contributed by atoms with Gasteiger partial charge in [0.05, 0.1) is 19.4 Å². The van der Waals surface area contributed by atoms with Crippen molar-refractivity contribution in [2.45, 2.75) is 25.9 Å². The molecule has 0 bridgehead atoms. The van der Waals surface area contributed by atoms with Gasteiger partial charge >= 0.3 is 0 Å². The summed E-state index contributed by atoms with van der Waals surface area (Å²) in [5, 5.41) is 4.01. The van der Waals surface area contributed by atoms with Gasteiger partial charge in [-0.15, -0.1) is 0 Å². The highest BCUT2D eigenvalue weighted by molar-refractivity contribution is 7.88. The molecule has 1 aromatic rings. The van der Waals surface area contributed by atoms with Gasteiger partial charge in [0, 0.05) is 38.2 Å². The van der Waals surface area contributed by atoms with Crippen LogP contribution in [-0.2, 0) is 34.3 Å². The zero-order valence-corrected chi connectivity index (χ0v) is 13.0. The SMILES string of the molecule is CS(=O)(=O)NCc1noc2c1CN(C[C@@H]1CCOC1)CC2. The van der Waals surface area contributed by atoms with Crippen molar-refractivity contribution >= 4 is 10.0 Å². The molecule has 1 aromatic heterocycles. The maximum atomic E-state index is 11.2. The van der Waals surface area contributed by atoms with E-state index >= 15 is 0 Å². The fraction of sp³-hybridized carbons (Fsp3) is 0.769. The first-order chi connectivity index (χ1) is 10.0. The summed E-state index contributed by atoms with van der Waals surface area (Å²) in [7, 11) is -3.22. The van der Waals surface area contributed by atoms with Crippen LogP contribution in [0.25, 0.3) is 0 Å². The molecule has 0 aliphatic carbocycles. The summed E-state index contributed by atoms with van der Waals surface area (Å²) >= 11 is 0. The molecule has 7 nitrogen and oxygen atoms in total. The van der Waals surface area contributed by atoms with Crippen molar-refractivity contribution in [2.24, 2.45) is 5.92 Å². The van der Waals surface area contributed by atoms with Crippen LogP contribution in [0.5, 0.6) is 0 Å². The van der Waals surface area contributed by atoms with E-state index < -0.39 is 10.0 Å². The summed E-state index contributed by atoms with van der Waals surface area (Å²) in [6.07, 6.45) is 3.09. The van der Waals surface area contributed by atoms with E-state index in [0.29, 0.717) is 11.6 Å². The molecule has 1 saturated heterocycles. The van der Waals surface area contributed by atoms with Crippen LogP contribution >= 0.6 is 0 Å². The number of nitrogens with one attached hydrogen (secondary N) is 1. The molecule has 0 spiro atoms. The Labute approximate surface area is 124 Å². The van der Waals surface area contributed by atoms with Crippen LogP contribution in [0, 0.1) is 5.92 Å². The van der Waals surface area contributed by atoms with E-state index in [4.69, 9.17) is 9.26 Å². The Morgan fingerprint density at radius 2 is 2.33 bits per heavy atom. The fourth-order valence-corrected chi connectivity index (χ4v) is 3.31. The second-order valence-electron chi connectivity index (χ2n) is 5.84. The van der Waals surface area contributed by atoms with Gasteiger partial charge in [-0.25, -0.2) is 13.1 Å². The quantitative estimate of drug-likeness (QED) is 0.831. The number of sulfonamides is 1. The lowest BCUT2D eigenvalue weighted by Crippen LogP contribution is -2.35. The maximum Gasteiger partial charge on any atom is 0.209 e. The molecule has 2 aliphatic rings. The van der Waals surface area contributed by atoms with Gasteiger partial charge < -0.3 is 9.26 Å². The molecule has 0 unspecified atom stereocenters. The smallest absolute Gasteiger partial charge is 0.209 e. The third kappa shape index (κ3) is 3.82. The topological polar surface area (TPSA) is 84.7 Å². The molecule has 1 N–H and O–H groups in total. The Morgan fingerprint density at radius 3 is 3.05 bits per heavy atom. The molecule has 21 heavy (non-hydrogen) atoms. The summed E-state index contributed by atoms with van der Waals surface area (Å²) in [6.45, 7) is 4.64. The van der Waals surface area contributed by atoms with E-state index in [1.54, 1.807) is 0 Å². The van der Waals surface area contributed by atoms with Crippen LogP contribution in [-0.4, -0.2) is 51.0 Å². The highest BCUT2D eigenvalue weighted by Gasteiger charge is 2.27. The molecule has 3 heterocycles. The molecule has 8 heteroatoms. The third-order valence-corrected chi connectivity index (χ3v) is 4.70. The largest absolute Gasteiger partial charge is 0.381 e. The van der Waals surface area contributed by atoms with Gasteiger partial charge in [-0.3, -0.25) is 4.90 Å². The Hall–Kier alpha value is -0.960. The number of nitrogens with zero attached hydrogens (tertiary/aromatic N) is 2. The average molecular weight is 315 g/mol. The molecule has 2 aliphatic heterocycles. The van der Waals surface area contributed by atoms with Crippen molar-refractivity contribution in [2.75, 3.05) is 32.6 Å². The van der Waals surface area contributed by atoms with Crippen LogP contribution in [0.4, 0.5) is 0 Å². The molecule has 1 fully saturated rings. The zero-order valence-electron chi connectivity index (χ0n) is 12.2. The minimum atomic E-state index is -3.22. The molecule has 3 rings (SSSR count). The highest BCUT2D eigenvalue weighted by Crippen LogP contribution is 2.24. The fourth-order valence-electron chi connectivity index (χ4n) is 2.91. The van der Waals surface area contributed by atoms with Crippen LogP contribution < -0.4 is 4.72 Å². The lowest BCUT2D eigenvalue weighted by molar-refractivity contribution is 0.159. The second kappa shape index (κ2) is 6.04. The molecule has 0 saturated carbocycles. The number of rotatable bonds is 5. The minimum absolute atomic E-state index is 0.193. The van der Waals surface area contributed by atoms with Crippen molar-refractivity contribution in [3.8, 4) is 0 Å². The highest BCUT2D eigenvalue weighted by atomic mass is 32.2. The molecule has 1 atom stereocenters. The standard InChI is InChI=1S/C13H21N3O4S/c1-21(17,18)14-6-12-11-8-16(4-2-13(11)20-15-12)7-10-3-5-19-9-10/h10,14H,2-9H2,1H3/t10-/m0/s1.